The largest absolute Gasteiger partial charge is 0.497 e. The molecule has 0 atom stereocenters. The van der Waals surface area contributed by atoms with E-state index in [0.717, 1.165) is 36.1 Å². The molecule has 1 aromatic heterocycles. The Morgan fingerprint density at radius 2 is 1.88 bits per heavy atom. The first-order chi connectivity index (χ1) is 15.5. The average Bonchev–Trinajstić information content (AvgIpc) is 2.84. The van der Waals surface area contributed by atoms with Gasteiger partial charge in [-0.05, 0) is 42.5 Å². The maximum atomic E-state index is 13.3. The van der Waals surface area contributed by atoms with Gasteiger partial charge in [0.05, 0.1) is 17.7 Å². The summed E-state index contributed by atoms with van der Waals surface area (Å²) in [4.78, 5) is 9.43. The Kier molecular flexibility index (Phi) is 5.14. The lowest BCUT2D eigenvalue weighted by atomic mass is 9.64. The summed E-state index contributed by atoms with van der Waals surface area (Å²) in [5.41, 5.74) is 4.35. The van der Waals surface area contributed by atoms with Crippen LogP contribution in [0.2, 0.25) is 0 Å². The molecule has 1 fully saturated rings. The maximum absolute atomic E-state index is 13.3. The highest BCUT2D eigenvalue weighted by atomic mass is 32.2. The first-order valence-electron chi connectivity index (χ1n) is 10.7. The van der Waals surface area contributed by atoms with Crippen molar-refractivity contribution in [2.75, 3.05) is 32.6 Å². The van der Waals surface area contributed by atoms with E-state index in [-0.39, 0.29) is 10.3 Å². The molecule has 0 radical (unpaired) electrons. The molecule has 0 bridgehead atoms. The van der Waals surface area contributed by atoms with Gasteiger partial charge in [0.1, 0.15) is 5.75 Å². The predicted octanol–water partition coefficient (Wildman–Crippen LogP) is 3.47. The molecule has 0 amide bonds. The summed E-state index contributed by atoms with van der Waals surface area (Å²) in [6.45, 7) is 0.942. The Morgan fingerprint density at radius 1 is 1.09 bits per heavy atom. The Bertz CT molecular complexity index is 1270. The minimum absolute atomic E-state index is 0.117. The highest BCUT2D eigenvalue weighted by molar-refractivity contribution is 7.89. The van der Waals surface area contributed by atoms with Crippen LogP contribution in [-0.4, -0.2) is 49.9 Å². The molecule has 1 aliphatic carbocycles. The fourth-order valence-electron chi connectivity index (χ4n) is 5.01. The van der Waals surface area contributed by atoms with Gasteiger partial charge >= 0.3 is 0 Å². The molecule has 7 nitrogen and oxygen atoms in total. The number of hydrogen-bond acceptors (Lipinski definition) is 6. The number of hydrogen-bond donors (Lipinski definition) is 1. The van der Waals surface area contributed by atoms with Crippen molar-refractivity contribution in [3.05, 3.63) is 65.9 Å². The summed E-state index contributed by atoms with van der Waals surface area (Å²) in [5, 5.41) is 3.02. The molecule has 8 heteroatoms. The van der Waals surface area contributed by atoms with E-state index in [9.17, 15) is 8.42 Å². The number of ether oxygens (including phenoxy) is 1. The van der Waals surface area contributed by atoms with Crippen molar-refractivity contribution in [1.29, 1.82) is 0 Å². The van der Waals surface area contributed by atoms with Gasteiger partial charge in [0.15, 0.2) is 0 Å². The molecule has 2 heterocycles. The van der Waals surface area contributed by atoms with Crippen molar-refractivity contribution < 1.29 is 13.2 Å². The van der Waals surface area contributed by atoms with Gasteiger partial charge in [-0.25, -0.2) is 18.4 Å². The summed E-state index contributed by atoms with van der Waals surface area (Å²) in [6, 6.07) is 15.1. The van der Waals surface area contributed by atoms with Crippen LogP contribution in [-0.2, 0) is 21.9 Å². The summed E-state index contributed by atoms with van der Waals surface area (Å²) < 4.78 is 33.4. The summed E-state index contributed by atoms with van der Waals surface area (Å²) >= 11 is 0. The van der Waals surface area contributed by atoms with Gasteiger partial charge in [0, 0.05) is 43.4 Å². The molecule has 166 valence electrons. The molecule has 2 aromatic carbocycles. The fraction of sp³-hybridized carbons (Fsp3) is 0.333. The van der Waals surface area contributed by atoms with Crippen molar-refractivity contribution in [3.8, 4) is 17.0 Å². The van der Waals surface area contributed by atoms with Crippen LogP contribution in [0.5, 0.6) is 5.75 Å². The van der Waals surface area contributed by atoms with E-state index >= 15 is 0 Å². The summed E-state index contributed by atoms with van der Waals surface area (Å²) in [5.74, 6) is 1.15. The van der Waals surface area contributed by atoms with Crippen molar-refractivity contribution in [1.82, 2.24) is 14.3 Å². The third kappa shape index (κ3) is 3.34. The number of benzene rings is 2. The smallest absolute Gasteiger partial charge is 0.243 e. The van der Waals surface area contributed by atoms with Crippen LogP contribution in [0.25, 0.3) is 11.3 Å². The van der Waals surface area contributed by atoms with Gasteiger partial charge in [-0.3, -0.25) is 0 Å². The van der Waals surface area contributed by atoms with E-state index in [1.807, 2.05) is 19.3 Å². The predicted molar refractivity (Wildman–Crippen MR) is 123 cm³/mol. The second-order valence-corrected chi connectivity index (χ2v) is 10.3. The molecule has 1 N–H and O–H groups in total. The molecule has 0 unspecified atom stereocenters. The van der Waals surface area contributed by atoms with E-state index in [0.29, 0.717) is 24.8 Å². The minimum atomic E-state index is -3.58. The van der Waals surface area contributed by atoms with E-state index in [2.05, 4.69) is 28.5 Å². The second kappa shape index (κ2) is 7.86. The number of sulfonamides is 1. The molecular formula is C24H26N4O3S. The third-order valence-corrected chi connectivity index (χ3v) is 8.62. The van der Waals surface area contributed by atoms with Crippen LogP contribution in [0.3, 0.4) is 0 Å². The molecule has 3 aromatic rings. The number of fused-ring (bicyclic) bond motifs is 4. The number of piperidine rings is 1. The van der Waals surface area contributed by atoms with Gasteiger partial charge in [0.2, 0.25) is 16.0 Å². The maximum Gasteiger partial charge on any atom is 0.243 e. The van der Waals surface area contributed by atoms with Crippen LogP contribution < -0.4 is 10.1 Å². The quantitative estimate of drug-likeness (QED) is 0.655. The summed E-state index contributed by atoms with van der Waals surface area (Å²) in [7, 11) is -0.221. The number of methoxy groups -OCH3 is 1. The van der Waals surface area contributed by atoms with Gasteiger partial charge in [-0.15, -0.1) is 0 Å². The lowest BCUT2D eigenvalue weighted by Gasteiger charge is -2.45. The van der Waals surface area contributed by atoms with E-state index in [1.54, 1.807) is 28.6 Å². The SMILES string of the molecule is CNc1ncc2c(n1)-c1ccccc1C1(CCN(S(=O)(=O)c3cccc(OC)c3)CC1)C2. The van der Waals surface area contributed by atoms with Gasteiger partial charge in [-0.1, -0.05) is 30.3 Å². The molecule has 0 saturated carbocycles. The van der Waals surface area contributed by atoms with Crippen LogP contribution in [0.1, 0.15) is 24.0 Å². The number of nitrogens with zero attached hydrogens (tertiary/aromatic N) is 3. The highest BCUT2D eigenvalue weighted by Crippen LogP contribution is 2.48. The van der Waals surface area contributed by atoms with Gasteiger partial charge in [0.25, 0.3) is 0 Å². The van der Waals surface area contributed by atoms with Gasteiger partial charge in [-0.2, -0.15) is 4.31 Å². The number of nitrogens with one attached hydrogen (secondary N) is 1. The second-order valence-electron chi connectivity index (χ2n) is 8.40. The molecule has 1 aliphatic heterocycles. The third-order valence-electron chi connectivity index (χ3n) is 6.73. The molecular weight excluding hydrogens is 424 g/mol. The fourth-order valence-corrected chi connectivity index (χ4v) is 6.49. The zero-order valence-corrected chi connectivity index (χ0v) is 19.0. The first kappa shape index (κ1) is 20.9. The lowest BCUT2D eigenvalue weighted by molar-refractivity contribution is 0.229. The van der Waals surface area contributed by atoms with Gasteiger partial charge < -0.3 is 10.1 Å². The molecule has 5 rings (SSSR count). The molecule has 2 aliphatic rings. The van der Waals surface area contributed by atoms with Crippen LogP contribution >= 0.6 is 0 Å². The minimum Gasteiger partial charge on any atom is -0.497 e. The molecule has 32 heavy (non-hydrogen) atoms. The topological polar surface area (TPSA) is 84.4 Å². The Hall–Kier alpha value is -2.97. The zero-order chi connectivity index (χ0) is 22.3. The first-order valence-corrected chi connectivity index (χ1v) is 12.2. The summed E-state index contributed by atoms with van der Waals surface area (Å²) in [6.07, 6.45) is 4.22. The van der Waals surface area contributed by atoms with E-state index in [4.69, 9.17) is 9.72 Å². The van der Waals surface area contributed by atoms with Crippen molar-refractivity contribution >= 4 is 16.0 Å². The number of aromatic nitrogens is 2. The Labute approximate surface area is 188 Å². The van der Waals surface area contributed by atoms with Crippen molar-refractivity contribution in [2.45, 2.75) is 29.6 Å². The Morgan fingerprint density at radius 3 is 2.62 bits per heavy atom. The van der Waals surface area contributed by atoms with Crippen molar-refractivity contribution in [3.63, 3.8) is 0 Å². The number of anilines is 1. The molecule has 1 spiro atoms. The van der Waals surface area contributed by atoms with E-state index < -0.39 is 10.0 Å². The molecule has 1 saturated heterocycles. The highest BCUT2D eigenvalue weighted by Gasteiger charge is 2.44. The normalized spacial score (nSPS) is 17.4. The van der Waals surface area contributed by atoms with Crippen LogP contribution in [0.4, 0.5) is 5.95 Å². The zero-order valence-electron chi connectivity index (χ0n) is 18.2. The number of rotatable bonds is 4. The van der Waals surface area contributed by atoms with Crippen LogP contribution in [0, 0.1) is 0 Å². The average molecular weight is 451 g/mol. The monoisotopic (exact) mass is 450 g/mol. The van der Waals surface area contributed by atoms with Crippen LogP contribution in [0.15, 0.2) is 59.6 Å². The lowest BCUT2D eigenvalue weighted by Crippen LogP contribution is -2.47. The van der Waals surface area contributed by atoms with E-state index in [1.165, 1.54) is 12.7 Å². The van der Waals surface area contributed by atoms with Crippen molar-refractivity contribution in [2.24, 2.45) is 0 Å². The Balaban J connectivity index is 1.46. The standard InChI is InChI=1S/C24H26N4O3S/c1-25-23-26-16-17-15-24(21-9-4-3-8-20(21)22(17)27-23)10-12-28(13-11-24)32(29,30)19-7-5-6-18(14-19)31-2/h3-9,14,16H,10-13,15H2,1-2H3,(H,25,26,27).